The van der Waals surface area contributed by atoms with Gasteiger partial charge in [-0.05, 0) is 55.0 Å². The Labute approximate surface area is 178 Å². The van der Waals surface area contributed by atoms with E-state index in [9.17, 15) is 4.79 Å². The van der Waals surface area contributed by atoms with E-state index in [1.807, 2.05) is 64.6 Å². The highest BCUT2D eigenvalue weighted by Gasteiger charge is 2.10. The number of nitrogens with one attached hydrogen (secondary N) is 1. The Morgan fingerprint density at radius 2 is 1.90 bits per heavy atom. The molecule has 4 heterocycles. The lowest BCUT2D eigenvalue weighted by Gasteiger charge is -2.07. The molecule has 0 aliphatic rings. The number of ether oxygens (including phenoxy) is 1. The number of pyridine rings is 2. The van der Waals surface area contributed by atoms with Gasteiger partial charge in [-0.1, -0.05) is 12.1 Å². The van der Waals surface area contributed by atoms with Gasteiger partial charge in [-0.25, -0.2) is 4.98 Å². The van der Waals surface area contributed by atoms with E-state index in [1.54, 1.807) is 24.3 Å². The summed E-state index contributed by atoms with van der Waals surface area (Å²) >= 11 is 0. The zero-order valence-corrected chi connectivity index (χ0v) is 16.9. The van der Waals surface area contributed by atoms with Gasteiger partial charge in [0.15, 0.2) is 11.5 Å². The zero-order valence-electron chi connectivity index (χ0n) is 16.9. The van der Waals surface area contributed by atoms with Crippen LogP contribution in [0.25, 0.3) is 11.3 Å². The van der Waals surface area contributed by atoms with Gasteiger partial charge in [-0.2, -0.15) is 0 Å². The maximum Gasteiger partial charge on any atom is 0.251 e. The van der Waals surface area contributed by atoms with Gasteiger partial charge in [0.2, 0.25) is 0 Å². The fraction of sp³-hybridized carbons (Fsp3) is 0.130. The molecule has 0 aliphatic heterocycles. The van der Waals surface area contributed by atoms with E-state index >= 15 is 0 Å². The van der Waals surface area contributed by atoms with Crippen LogP contribution in [0.2, 0.25) is 0 Å². The van der Waals surface area contributed by atoms with Gasteiger partial charge in [0.25, 0.3) is 5.91 Å². The first-order chi connectivity index (χ1) is 15.2. The molecule has 31 heavy (non-hydrogen) atoms. The second kappa shape index (κ2) is 7.91. The Morgan fingerprint density at radius 1 is 1.03 bits per heavy atom. The van der Waals surface area contributed by atoms with E-state index < -0.39 is 0 Å². The van der Waals surface area contributed by atoms with Gasteiger partial charge in [-0.15, -0.1) is 10.2 Å². The topological polar surface area (TPSA) is 85.8 Å². The molecule has 0 saturated heterocycles. The second-order valence-corrected chi connectivity index (χ2v) is 7.20. The standard InChI is InChI=1S/C23H20N6O2/c1-16-5-4-11-28-14-18(25-22(16)28)15-31-19-9-7-17(8-10-19)23(30)24-13-21-27-26-20-6-2-3-12-29(20)21/h2-12,14H,13,15H2,1H3,(H,24,30). The predicted molar refractivity (Wildman–Crippen MR) is 115 cm³/mol. The molecular formula is C23H20N6O2. The van der Waals surface area contributed by atoms with Crippen LogP contribution in [0.3, 0.4) is 0 Å². The SMILES string of the molecule is Cc1cccn2cc(COc3ccc(C(=O)NCc4nnc5ccccn45)cc3)nc12. The summed E-state index contributed by atoms with van der Waals surface area (Å²) in [5.74, 6) is 1.16. The zero-order chi connectivity index (χ0) is 21.2. The first-order valence-corrected chi connectivity index (χ1v) is 9.90. The average Bonchev–Trinajstić information content (AvgIpc) is 3.41. The van der Waals surface area contributed by atoms with Crippen molar-refractivity contribution >= 4 is 17.2 Å². The van der Waals surface area contributed by atoms with Crippen molar-refractivity contribution in [1.29, 1.82) is 0 Å². The quantitative estimate of drug-likeness (QED) is 0.463. The van der Waals surface area contributed by atoms with E-state index in [-0.39, 0.29) is 12.5 Å². The molecule has 1 N–H and O–H groups in total. The van der Waals surface area contributed by atoms with E-state index in [0.29, 0.717) is 23.7 Å². The Kier molecular flexibility index (Phi) is 4.80. The van der Waals surface area contributed by atoms with E-state index in [0.717, 1.165) is 22.6 Å². The number of carbonyl (C=O) groups is 1. The number of aryl methyl sites for hydroxylation is 1. The lowest BCUT2D eigenvalue weighted by atomic mass is 10.2. The van der Waals surface area contributed by atoms with Crippen molar-refractivity contribution in [1.82, 2.24) is 29.3 Å². The predicted octanol–water partition coefficient (Wildman–Crippen LogP) is 3.19. The fourth-order valence-corrected chi connectivity index (χ4v) is 3.41. The third kappa shape index (κ3) is 3.83. The van der Waals surface area contributed by atoms with Gasteiger partial charge >= 0.3 is 0 Å². The summed E-state index contributed by atoms with van der Waals surface area (Å²) in [5, 5.41) is 11.1. The molecule has 1 aromatic carbocycles. The molecule has 4 aromatic heterocycles. The molecule has 1 amide bonds. The van der Waals surface area contributed by atoms with Crippen molar-refractivity contribution in [3.05, 3.63) is 95.8 Å². The number of imidazole rings is 1. The molecule has 0 atom stereocenters. The fourth-order valence-electron chi connectivity index (χ4n) is 3.41. The van der Waals surface area contributed by atoms with Crippen LogP contribution in [0.1, 0.15) is 27.4 Å². The molecule has 0 radical (unpaired) electrons. The van der Waals surface area contributed by atoms with Gasteiger partial charge in [0.05, 0.1) is 12.2 Å². The summed E-state index contributed by atoms with van der Waals surface area (Å²) < 4.78 is 9.67. The monoisotopic (exact) mass is 412 g/mol. The molecule has 5 aromatic rings. The van der Waals surface area contributed by atoms with Gasteiger partial charge in [-0.3, -0.25) is 9.20 Å². The number of amides is 1. The van der Waals surface area contributed by atoms with Crippen LogP contribution in [0.4, 0.5) is 0 Å². The maximum atomic E-state index is 12.5. The molecule has 0 unspecified atom stereocenters. The smallest absolute Gasteiger partial charge is 0.251 e. The number of nitrogens with zero attached hydrogens (tertiary/aromatic N) is 5. The molecule has 154 valence electrons. The highest BCUT2D eigenvalue weighted by molar-refractivity contribution is 5.94. The summed E-state index contributed by atoms with van der Waals surface area (Å²) in [4.78, 5) is 17.1. The normalized spacial score (nSPS) is 11.1. The number of rotatable bonds is 6. The minimum Gasteiger partial charge on any atom is -0.487 e. The molecule has 0 fully saturated rings. The Morgan fingerprint density at radius 3 is 2.74 bits per heavy atom. The highest BCUT2D eigenvalue weighted by atomic mass is 16.5. The number of hydrogen-bond acceptors (Lipinski definition) is 5. The van der Waals surface area contributed by atoms with Crippen molar-refractivity contribution in [3.63, 3.8) is 0 Å². The van der Waals surface area contributed by atoms with E-state index in [1.165, 1.54) is 0 Å². The van der Waals surface area contributed by atoms with Crippen molar-refractivity contribution in [3.8, 4) is 5.75 Å². The van der Waals surface area contributed by atoms with Gasteiger partial charge in [0.1, 0.15) is 18.0 Å². The van der Waals surface area contributed by atoms with Crippen LogP contribution >= 0.6 is 0 Å². The summed E-state index contributed by atoms with van der Waals surface area (Å²) in [6, 6.07) is 16.7. The summed E-state index contributed by atoms with van der Waals surface area (Å²) in [7, 11) is 0. The summed E-state index contributed by atoms with van der Waals surface area (Å²) in [6.45, 7) is 2.67. The molecule has 8 nitrogen and oxygen atoms in total. The average molecular weight is 412 g/mol. The summed E-state index contributed by atoms with van der Waals surface area (Å²) in [5.41, 5.74) is 4.17. The number of benzene rings is 1. The van der Waals surface area contributed by atoms with Crippen LogP contribution in [0, 0.1) is 6.92 Å². The first-order valence-electron chi connectivity index (χ1n) is 9.90. The molecule has 0 saturated carbocycles. The van der Waals surface area contributed by atoms with Crippen LogP contribution in [-0.4, -0.2) is 29.9 Å². The van der Waals surface area contributed by atoms with E-state index in [4.69, 9.17) is 4.74 Å². The van der Waals surface area contributed by atoms with Crippen LogP contribution in [0.15, 0.2) is 73.2 Å². The van der Waals surface area contributed by atoms with Crippen LogP contribution in [-0.2, 0) is 13.2 Å². The molecule has 0 aliphatic carbocycles. The minimum absolute atomic E-state index is 0.185. The van der Waals surface area contributed by atoms with Crippen molar-refractivity contribution in [2.24, 2.45) is 0 Å². The maximum absolute atomic E-state index is 12.5. The molecule has 0 bridgehead atoms. The largest absolute Gasteiger partial charge is 0.487 e. The van der Waals surface area contributed by atoms with Gasteiger partial charge in [0, 0.05) is 24.2 Å². The summed E-state index contributed by atoms with van der Waals surface area (Å²) in [6.07, 6.45) is 5.79. The Hall–Kier alpha value is -4.20. The number of aromatic nitrogens is 5. The van der Waals surface area contributed by atoms with Crippen LogP contribution < -0.4 is 10.1 Å². The van der Waals surface area contributed by atoms with Crippen molar-refractivity contribution in [2.45, 2.75) is 20.1 Å². The third-order valence-electron chi connectivity index (χ3n) is 5.02. The highest BCUT2D eigenvalue weighted by Crippen LogP contribution is 2.16. The lowest BCUT2D eigenvalue weighted by Crippen LogP contribution is -2.23. The molecule has 5 rings (SSSR count). The number of fused-ring (bicyclic) bond motifs is 2. The van der Waals surface area contributed by atoms with Crippen LogP contribution in [0.5, 0.6) is 5.75 Å². The minimum atomic E-state index is -0.185. The van der Waals surface area contributed by atoms with Crippen molar-refractivity contribution in [2.75, 3.05) is 0 Å². The number of carbonyl (C=O) groups excluding carboxylic acids is 1. The first kappa shape index (κ1) is 18.8. The second-order valence-electron chi connectivity index (χ2n) is 7.20. The molecular weight excluding hydrogens is 392 g/mol. The van der Waals surface area contributed by atoms with Gasteiger partial charge < -0.3 is 14.5 Å². The lowest BCUT2D eigenvalue weighted by molar-refractivity contribution is 0.0949. The third-order valence-corrected chi connectivity index (χ3v) is 5.02. The van der Waals surface area contributed by atoms with E-state index in [2.05, 4.69) is 20.5 Å². The molecule has 8 heteroatoms. The van der Waals surface area contributed by atoms with Crippen molar-refractivity contribution < 1.29 is 9.53 Å². The Bertz CT molecular complexity index is 1370. The molecule has 0 spiro atoms. The Balaban J connectivity index is 1.20. The number of hydrogen-bond donors (Lipinski definition) is 1.